The number of nitrogens with zero attached hydrogens (tertiary/aromatic N) is 4. The molecule has 33 heavy (non-hydrogen) atoms. The molecule has 2 aromatic carbocycles. The fourth-order valence-corrected chi connectivity index (χ4v) is 3.90. The van der Waals surface area contributed by atoms with Crippen LogP contribution in [0.1, 0.15) is 22.6 Å². The highest BCUT2D eigenvalue weighted by Gasteiger charge is 2.31. The summed E-state index contributed by atoms with van der Waals surface area (Å²) in [7, 11) is 1.39. The number of rotatable bonds is 6. The molecule has 0 radical (unpaired) electrons. The molecule has 1 fully saturated rings. The van der Waals surface area contributed by atoms with Crippen LogP contribution in [-0.2, 0) is 9.53 Å². The van der Waals surface area contributed by atoms with E-state index in [1.165, 1.54) is 7.11 Å². The van der Waals surface area contributed by atoms with E-state index in [1.54, 1.807) is 36.7 Å². The largest absolute Gasteiger partial charge is 0.469 e. The van der Waals surface area contributed by atoms with Crippen LogP contribution in [0.15, 0.2) is 60.9 Å². The summed E-state index contributed by atoms with van der Waals surface area (Å²) < 4.78 is 10.8. The summed E-state index contributed by atoms with van der Waals surface area (Å²) in [6.45, 7) is 1.15. The van der Waals surface area contributed by atoms with E-state index < -0.39 is 0 Å². The first-order valence-electron chi connectivity index (χ1n) is 10.5. The van der Waals surface area contributed by atoms with Gasteiger partial charge >= 0.3 is 5.97 Å². The Morgan fingerprint density at radius 1 is 1.06 bits per heavy atom. The smallest absolute Gasteiger partial charge is 0.310 e. The molecule has 3 heterocycles. The Morgan fingerprint density at radius 3 is 2.64 bits per heavy atom. The van der Waals surface area contributed by atoms with Gasteiger partial charge in [0, 0.05) is 31.0 Å². The quantitative estimate of drug-likeness (QED) is 0.357. The van der Waals surface area contributed by atoms with Crippen molar-refractivity contribution in [2.45, 2.75) is 6.42 Å². The number of imidazole rings is 1. The second-order valence-corrected chi connectivity index (χ2v) is 7.70. The van der Waals surface area contributed by atoms with E-state index in [9.17, 15) is 9.59 Å². The zero-order chi connectivity index (χ0) is 22.8. The van der Waals surface area contributed by atoms with Gasteiger partial charge < -0.3 is 19.4 Å². The number of hydrogen-bond donors (Lipinski definition) is 1. The summed E-state index contributed by atoms with van der Waals surface area (Å²) in [5.41, 5.74) is 2.04. The summed E-state index contributed by atoms with van der Waals surface area (Å²) in [6.07, 6.45) is 3.82. The van der Waals surface area contributed by atoms with Gasteiger partial charge in [-0.3, -0.25) is 9.59 Å². The third-order valence-electron chi connectivity index (χ3n) is 5.60. The van der Waals surface area contributed by atoms with Crippen LogP contribution in [0.4, 0.5) is 5.82 Å². The van der Waals surface area contributed by atoms with Gasteiger partial charge in [0.15, 0.2) is 11.6 Å². The summed E-state index contributed by atoms with van der Waals surface area (Å²) >= 11 is 0. The maximum absolute atomic E-state index is 12.8. The van der Waals surface area contributed by atoms with Crippen molar-refractivity contribution < 1.29 is 19.1 Å². The van der Waals surface area contributed by atoms with Gasteiger partial charge in [-0.05, 0) is 42.8 Å². The summed E-state index contributed by atoms with van der Waals surface area (Å²) in [6, 6.07) is 14.3. The normalized spacial score (nSPS) is 15.5. The van der Waals surface area contributed by atoms with E-state index >= 15 is 0 Å². The van der Waals surface area contributed by atoms with E-state index in [0.29, 0.717) is 42.5 Å². The fraction of sp³-hybridized carbons (Fsp3) is 0.208. The molecule has 5 rings (SSSR count). The first-order valence-corrected chi connectivity index (χ1v) is 10.5. The van der Waals surface area contributed by atoms with Gasteiger partial charge in [-0.2, -0.15) is 0 Å². The van der Waals surface area contributed by atoms with Crippen LogP contribution in [0, 0.1) is 5.92 Å². The van der Waals surface area contributed by atoms with Crippen LogP contribution < -0.4 is 9.64 Å². The molecular weight excluding hydrogens is 422 g/mol. The number of aromatic amines is 1. The van der Waals surface area contributed by atoms with Gasteiger partial charge in [0.05, 0.1) is 24.1 Å². The molecule has 0 spiro atoms. The zero-order valence-corrected chi connectivity index (χ0v) is 17.9. The number of H-pyrrole nitrogens is 1. The lowest BCUT2D eigenvalue weighted by Gasteiger charge is -2.19. The molecule has 9 nitrogen and oxygen atoms in total. The van der Waals surface area contributed by atoms with Crippen molar-refractivity contribution >= 4 is 28.6 Å². The van der Waals surface area contributed by atoms with Gasteiger partial charge in [0.25, 0.3) is 5.88 Å². The standard InChI is InChI=1S/C24H21N5O4/c1-32-24(31)16-10-13-29(14-16)22-23(26-12-11-25-22)33-17-8-6-15(7-9-17)20(30)21-27-18-4-2-3-5-19(18)28-21/h2-9,11-12,16H,10,13-14H2,1H3,(H,27,28). The molecule has 0 amide bonds. The molecule has 1 saturated heterocycles. The first-order chi connectivity index (χ1) is 16.1. The van der Waals surface area contributed by atoms with Crippen molar-refractivity contribution in [3.8, 4) is 11.6 Å². The molecule has 1 unspecified atom stereocenters. The van der Waals surface area contributed by atoms with Crippen molar-refractivity contribution in [1.29, 1.82) is 0 Å². The number of para-hydroxylation sites is 2. The number of nitrogens with one attached hydrogen (secondary N) is 1. The minimum atomic E-state index is -0.228. The van der Waals surface area contributed by atoms with Gasteiger partial charge in [0.1, 0.15) is 5.75 Å². The molecule has 1 atom stereocenters. The van der Waals surface area contributed by atoms with Gasteiger partial charge in [-0.25, -0.2) is 15.0 Å². The zero-order valence-electron chi connectivity index (χ0n) is 17.9. The topological polar surface area (TPSA) is 110 Å². The summed E-state index contributed by atoms with van der Waals surface area (Å²) in [4.78, 5) is 42.8. The van der Waals surface area contributed by atoms with E-state index in [1.807, 2.05) is 29.2 Å². The van der Waals surface area contributed by atoms with E-state index in [0.717, 1.165) is 11.0 Å². The monoisotopic (exact) mass is 443 g/mol. The Labute approximate surface area is 189 Å². The Kier molecular flexibility index (Phi) is 5.43. The lowest BCUT2D eigenvalue weighted by Crippen LogP contribution is -2.24. The number of ketones is 1. The molecular formula is C24H21N5O4. The summed E-state index contributed by atoms with van der Waals surface area (Å²) in [5.74, 6) is 1.06. The third-order valence-corrected chi connectivity index (χ3v) is 5.60. The lowest BCUT2D eigenvalue weighted by atomic mass is 10.1. The number of benzene rings is 2. The highest BCUT2D eigenvalue weighted by molar-refractivity contribution is 6.08. The summed E-state index contributed by atoms with van der Waals surface area (Å²) in [5, 5.41) is 0. The average Bonchev–Trinajstić information content (AvgIpc) is 3.52. The molecule has 1 aliphatic heterocycles. The number of aromatic nitrogens is 4. The molecule has 2 aromatic heterocycles. The van der Waals surface area contributed by atoms with E-state index in [-0.39, 0.29) is 23.5 Å². The molecule has 9 heteroatoms. The second-order valence-electron chi connectivity index (χ2n) is 7.70. The van der Waals surface area contributed by atoms with Crippen molar-refractivity contribution in [2.24, 2.45) is 5.92 Å². The third kappa shape index (κ3) is 4.12. The minimum Gasteiger partial charge on any atom is -0.469 e. The number of esters is 1. The Hall–Kier alpha value is -4.27. The van der Waals surface area contributed by atoms with Gasteiger partial charge in [-0.1, -0.05) is 12.1 Å². The molecule has 1 N–H and O–H groups in total. The molecule has 1 aliphatic rings. The lowest BCUT2D eigenvalue weighted by molar-refractivity contribution is -0.144. The predicted molar refractivity (Wildman–Crippen MR) is 120 cm³/mol. The number of anilines is 1. The predicted octanol–water partition coefficient (Wildman–Crippen LogP) is 3.38. The van der Waals surface area contributed by atoms with Crippen molar-refractivity contribution in [3.05, 3.63) is 72.3 Å². The molecule has 0 saturated carbocycles. The Morgan fingerprint density at radius 2 is 1.85 bits per heavy atom. The van der Waals surface area contributed by atoms with Crippen molar-refractivity contribution in [1.82, 2.24) is 19.9 Å². The number of carbonyl (C=O) groups is 2. The first kappa shape index (κ1) is 20.6. The Balaban J connectivity index is 1.32. The van der Waals surface area contributed by atoms with E-state index in [4.69, 9.17) is 9.47 Å². The highest BCUT2D eigenvalue weighted by atomic mass is 16.5. The van der Waals surface area contributed by atoms with Crippen LogP contribution in [0.2, 0.25) is 0 Å². The highest BCUT2D eigenvalue weighted by Crippen LogP contribution is 2.32. The average molecular weight is 443 g/mol. The van der Waals surface area contributed by atoms with Crippen molar-refractivity contribution in [3.63, 3.8) is 0 Å². The van der Waals surface area contributed by atoms with E-state index in [2.05, 4.69) is 19.9 Å². The van der Waals surface area contributed by atoms with Gasteiger partial charge in [-0.15, -0.1) is 0 Å². The maximum atomic E-state index is 12.8. The SMILES string of the molecule is COC(=O)C1CCN(c2nccnc2Oc2ccc(C(=O)c3nc4ccccc4[nH]3)cc2)C1. The van der Waals surface area contributed by atoms with Crippen LogP contribution in [0.3, 0.4) is 0 Å². The van der Waals surface area contributed by atoms with Crippen LogP contribution in [0.25, 0.3) is 11.0 Å². The second kappa shape index (κ2) is 8.70. The van der Waals surface area contributed by atoms with Crippen LogP contribution in [0.5, 0.6) is 11.6 Å². The number of methoxy groups -OCH3 is 1. The molecule has 0 bridgehead atoms. The number of hydrogen-bond acceptors (Lipinski definition) is 8. The van der Waals surface area contributed by atoms with Crippen molar-refractivity contribution in [2.75, 3.05) is 25.1 Å². The number of ether oxygens (including phenoxy) is 2. The fourth-order valence-electron chi connectivity index (χ4n) is 3.90. The van der Waals surface area contributed by atoms with Crippen LogP contribution in [-0.4, -0.2) is 51.9 Å². The Bertz CT molecular complexity index is 1280. The molecule has 166 valence electrons. The molecule has 0 aliphatic carbocycles. The van der Waals surface area contributed by atoms with Gasteiger partial charge in [0.2, 0.25) is 5.78 Å². The number of fused-ring (bicyclic) bond motifs is 1. The minimum absolute atomic E-state index is 0.201. The molecule has 4 aromatic rings. The van der Waals surface area contributed by atoms with Crippen LogP contribution >= 0.6 is 0 Å². The maximum Gasteiger partial charge on any atom is 0.310 e. The number of carbonyl (C=O) groups excluding carboxylic acids is 2.